The maximum absolute atomic E-state index is 13.5. The topological polar surface area (TPSA) is 73.1 Å². The van der Waals surface area contributed by atoms with Crippen molar-refractivity contribution in [3.05, 3.63) is 93.8 Å². The van der Waals surface area contributed by atoms with Crippen LogP contribution in [-0.2, 0) is 26.6 Å². The normalized spacial score (nSPS) is 13.8. The van der Waals surface area contributed by atoms with Crippen LogP contribution in [0.1, 0.15) is 22.5 Å². The number of hydrogen-bond donors (Lipinski definition) is 0. The molecule has 0 unspecified atom stereocenters. The van der Waals surface area contributed by atoms with Gasteiger partial charge < -0.3 is 9.30 Å². The van der Waals surface area contributed by atoms with Crippen LogP contribution < -0.4 is 10.3 Å². The predicted molar refractivity (Wildman–Crippen MR) is 141 cm³/mol. The Balaban J connectivity index is 1.41. The summed E-state index contributed by atoms with van der Waals surface area (Å²) in [6.45, 7) is 4.38. The minimum absolute atomic E-state index is 0.0126. The Morgan fingerprint density at radius 2 is 1.86 bits per heavy atom. The number of rotatable bonds is 4. The van der Waals surface area contributed by atoms with E-state index in [0.29, 0.717) is 11.3 Å². The van der Waals surface area contributed by atoms with Crippen molar-refractivity contribution in [2.75, 3.05) is 13.7 Å². The van der Waals surface area contributed by atoms with Gasteiger partial charge in [0, 0.05) is 67.8 Å². The SMILES string of the molecule is COc1ccc(-c2cc3c(n(C)c2=O)CCN(Cc2cccc4nccnc24)C3)c2ccc(C)nc12. The zero-order valence-corrected chi connectivity index (χ0v) is 20.7. The molecule has 1 aliphatic heterocycles. The summed E-state index contributed by atoms with van der Waals surface area (Å²) >= 11 is 0. The van der Waals surface area contributed by atoms with Crippen molar-refractivity contribution in [2.45, 2.75) is 26.4 Å². The van der Waals surface area contributed by atoms with E-state index in [1.54, 1.807) is 19.5 Å². The first-order valence-corrected chi connectivity index (χ1v) is 12.1. The van der Waals surface area contributed by atoms with Gasteiger partial charge in [-0.15, -0.1) is 0 Å². The Morgan fingerprint density at radius 1 is 1.00 bits per heavy atom. The number of methoxy groups -OCH3 is 1. The molecule has 0 bridgehead atoms. The molecule has 5 aromatic rings. The van der Waals surface area contributed by atoms with E-state index in [0.717, 1.165) is 70.5 Å². The van der Waals surface area contributed by atoms with E-state index in [-0.39, 0.29) is 5.56 Å². The molecule has 7 nitrogen and oxygen atoms in total. The van der Waals surface area contributed by atoms with Crippen LogP contribution in [0, 0.1) is 6.92 Å². The number of ether oxygens (including phenoxy) is 1. The first kappa shape index (κ1) is 22.4. The molecule has 0 atom stereocenters. The van der Waals surface area contributed by atoms with E-state index in [1.807, 2.05) is 54.9 Å². The summed E-state index contributed by atoms with van der Waals surface area (Å²) in [4.78, 5) is 29.6. The second-order valence-corrected chi connectivity index (χ2v) is 9.36. The first-order chi connectivity index (χ1) is 17.5. The van der Waals surface area contributed by atoms with Crippen LogP contribution in [0.3, 0.4) is 0 Å². The summed E-state index contributed by atoms with van der Waals surface area (Å²) in [6.07, 6.45) is 4.29. The third-order valence-corrected chi connectivity index (χ3v) is 7.13. The molecular formula is C29H27N5O2. The molecule has 3 aromatic heterocycles. The molecule has 0 fully saturated rings. The lowest BCUT2D eigenvalue weighted by Crippen LogP contribution is -2.35. The van der Waals surface area contributed by atoms with Crippen molar-refractivity contribution < 1.29 is 4.74 Å². The molecule has 4 heterocycles. The molecule has 0 amide bonds. The van der Waals surface area contributed by atoms with Crippen LogP contribution in [0.2, 0.25) is 0 Å². The minimum Gasteiger partial charge on any atom is -0.494 e. The van der Waals surface area contributed by atoms with Crippen LogP contribution in [0.15, 0.2) is 65.7 Å². The Labute approximate surface area is 209 Å². The molecule has 36 heavy (non-hydrogen) atoms. The number of benzene rings is 2. The zero-order valence-electron chi connectivity index (χ0n) is 20.7. The molecule has 0 aliphatic carbocycles. The summed E-state index contributed by atoms with van der Waals surface area (Å²) in [5.74, 6) is 0.705. The Kier molecular flexibility index (Phi) is 5.49. The van der Waals surface area contributed by atoms with Crippen LogP contribution in [0.4, 0.5) is 0 Å². The highest BCUT2D eigenvalue weighted by molar-refractivity contribution is 5.98. The van der Waals surface area contributed by atoms with Crippen molar-refractivity contribution in [1.82, 2.24) is 24.4 Å². The van der Waals surface area contributed by atoms with Gasteiger partial charge in [0.05, 0.1) is 18.1 Å². The van der Waals surface area contributed by atoms with Crippen LogP contribution in [-0.4, -0.2) is 38.1 Å². The van der Waals surface area contributed by atoms with Crippen LogP contribution in [0.25, 0.3) is 33.1 Å². The minimum atomic E-state index is 0.0126. The van der Waals surface area contributed by atoms with Gasteiger partial charge in [0.1, 0.15) is 11.3 Å². The Hall–Kier alpha value is -4.10. The van der Waals surface area contributed by atoms with Crippen molar-refractivity contribution in [3.63, 3.8) is 0 Å². The molecule has 6 rings (SSSR count). The highest BCUT2D eigenvalue weighted by Crippen LogP contribution is 2.34. The largest absolute Gasteiger partial charge is 0.494 e. The average molecular weight is 478 g/mol. The lowest BCUT2D eigenvalue weighted by atomic mass is 9.96. The quantitative estimate of drug-likeness (QED) is 0.382. The van der Waals surface area contributed by atoms with Crippen LogP contribution in [0.5, 0.6) is 5.75 Å². The fourth-order valence-electron chi connectivity index (χ4n) is 5.33. The average Bonchev–Trinajstić information content (AvgIpc) is 2.90. The third-order valence-electron chi connectivity index (χ3n) is 7.13. The van der Waals surface area contributed by atoms with Crippen molar-refractivity contribution in [1.29, 1.82) is 0 Å². The number of aryl methyl sites for hydroxylation is 1. The van der Waals surface area contributed by atoms with Gasteiger partial charge in [0.2, 0.25) is 0 Å². The van der Waals surface area contributed by atoms with E-state index >= 15 is 0 Å². The van der Waals surface area contributed by atoms with E-state index in [9.17, 15) is 4.79 Å². The highest BCUT2D eigenvalue weighted by atomic mass is 16.5. The first-order valence-electron chi connectivity index (χ1n) is 12.1. The monoisotopic (exact) mass is 477 g/mol. The molecule has 7 heteroatoms. The zero-order chi connectivity index (χ0) is 24.8. The van der Waals surface area contributed by atoms with E-state index in [1.165, 1.54) is 5.56 Å². The number of nitrogens with zero attached hydrogens (tertiary/aromatic N) is 5. The second kappa shape index (κ2) is 8.84. The lowest BCUT2D eigenvalue weighted by Gasteiger charge is -2.30. The number of para-hydroxylation sites is 1. The number of hydrogen-bond acceptors (Lipinski definition) is 6. The molecule has 0 spiro atoms. The summed E-state index contributed by atoms with van der Waals surface area (Å²) in [7, 11) is 3.53. The molecule has 0 saturated carbocycles. The lowest BCUT2D eigenvalue weighted by molar-refractivity contribution is 0.241. The van der Waals surface area contributed by atoms with Crippen molar-refractivity contribution in [2.24, 2.45) is 7.05 Å². The summed E-state index contributed by atoms with van der Waals surface area (Å²) in [6, 6.07) is 16.1. The van der Waals surface area contributed by atoms with E-state index in [4.69, 9.17) is 9.72 Å². The maximum Gasteiger partial charge on any atom is 0.258 e. The molecular weight excluding hydrogens is 450 g/mol. The van der Waals surface area contributed by atoms with E-state index in [2.05, 4.69) is 27.0 Å². The van der Waals surface area contributed by atoms with Gasteiger partial charge in [-0.3, -0.25) is 19.7 Å². The smallest absolute Gasteiger partial charge is 0.258 e. The molecule has 1 aliphatic rings. The standard InChI is InChI=1S/C29H27N5O2/c1-18-7-8-22-21(9-10-26(36-3)28(22)32-18)23-15-20-17-34(14-11-25(20)33(2)29(23)35)16-19-5-4-6-24-27(19)31-13-12-30-24/h4-10,12-13,15H,11,14,16-17H2,1-3H3. The summed E-state index contributed by atoms with van der Waals surface area (Å²) in [5.41, 5.74) is 8.55. The van der Waals surface area contributed by atoms with Crippen molar-refractivity contribution >= 4 is 21.9 Å². The van der Waals surface area contributed by atoms with Gasteiger partial charge in [-0.05, 0) is 53.9 Å². The Bertz CT molecular complexity index is 1690. The Morgan fingerprint density at radius 3 is 2.72 bits per heavy atom. The van der Waals surface area contributed by atoms with Gasteiger partial charge in [-0.2, -0.15) is 0 Å². The summed E-state index contributed by atoms with van der Waals surface area (Å²) in [5, 5.41) is 0.916. The fraction of sp³-hybridized carbons (Fsp3) is 0.241. The predicted octanol–water partition coefficient (Wildman–Crippen LogP) is 4.42. The van der Waals surface area contributed by atoms with Gasteiger partial charge in [-0.1, -0.05) is 18.2 Å². The van der Waals surface area contributed by atoms with Gasteiger partial charge in [-0.25, -0.2) is 4.98 Å². The van der Waals surface area contributed by atoms with Gasteiger partial charge in [0.25, 0.3) is 5.56 Å². The number of pyridine rings is 2. The number of fused-ring (bicyclic) bond motifs is 3. The highest BCUT2D eigenvalue weighted by Gasteiger charge is 2.23. The molecule has 180 valence electrons. The summed E-state index contributed by atoms with van der Waals surface area (Å²) < 4.78 is 7.38. The van der Waals surface area contributed by atoms with E-state index < -0.39 is 0 Å². The number of aromatic nitrogens is 4. The fourth-order valence-corrected chi connectivity index (χ4v) is 5.33. The third kappa shape index (κ3) is 3.72. The maximum atomic E-state index is 13.5. The second-order valence-electron chi connectivity index (χ2n) is 9.36. The van der Waals surface area contributed by atoms with Crippen LogP contribution >= 0.6 is 0 Å². The molecule has 0 N–H and O–H groups in total. The van der Waals surface area contributed by atoms with Gasteiger partial charge >= 0.3 is 0 Å². The molecule has 0 radical (unpaired) electrons. The van der Waals surface area contributed by atoms with Crippen molar-refractivity contribution in [3.8, 4) is 16.9 Å². The van der Waals surface area contributed by atoms with Gasteiger partial charge in [0.15, 0.2) is 0 Å². The molecule has 0 saturated heterocycles. The molecule has 2 aromatic carbocycles.